The predicted octanol–water partition coefficient (Wildman–Crippen LogP) is 3.40. The summed E-state index contributed by atoms with van der Waals surface area (Å²) < 4.78 is 0. The molecule has 1 aromatic rings. The molecule has 2 heterocycles. The fourth-order valence-electron chi connectivity index (χ4n) is 5.67. The van der Waals surface area contributed by atoms with Gasteiger partial charge in [0.15, 0.2) is 0 Å². The van der Waals surface area contributed by atoms with E-state index in [4.69, 9.17) is 0 Å². The molecule has 2 fully saturated rings. The lowest BCUT2D eigenvalue weighted by atomic mass is 9.78. The molecule has 1 aromatic carbocycles. The van der Waals surface area contributed by atoms with Crippen molar-refractivity contribution in [3.63, 3.8) is 0 Å². The maximum Gasteiger partial charge on any atom is 0.135 e. The third-order valence-electron chi connectivity index (χ3n) is 7.89. The van der Waals surface area contributed by atoms with Gasteiger partial charge in [-0.25, -0.2) is 0 Å². The van der Waals surface area contributed by atoms with E-state index in [0.29, 0.717) is 12.1 Å². The highest BCUT2D eigenvalue weighted by Gasteiger charge is 2.45. The molecule has 4 atom stereocenters. The van der Waals surface area contributed by atoms with Crippen molar-refractivity contribution in [1.82, 2.24) is 19.6 Å². The molecule has 4 unspecified atom stereocenters. The predicted molar refractivity (Wildman–Crippen MR) is 131 cm³/mol. The summed E-state index contributed by atoms with van der Waals surface area (Å²) in [5, 5.41) is 10.4. The summed E-state index contributed by atoms with van der Waals surface area (Å²) in [6.45, 7) is 9.53. The van der Waals surface area contributed by atoms with E-state index in [1.54, 1.807) is 0 Å². The number of nitrogens with zero attached hydrogens (tertiary/aromatic N) is 5. The van der Waals surface area contributed by atoms with E-state index >= 15 is 0 Å². The molecule has 172 valence electrons. The number of allylic oxidation sites excluding steroid dienone is 2. The number of likely N-dealkylation sites (tertiary alicyclic amines) is 1. The number of likely N-dealkylation sites (N-methyl/N-ethyl adjacent to an activating group) is 1. The van der Waals surface area contributed by atoms with Crippen LogP contribution in [0.5, 0.6) is 0 Å². The van der Waals surface area contributed by atoms with Crippen molar-refractivity contribution in [1.29, 1.82) is 5.26 Å². The van der Waals surface area contributed by atoms with E-state index < -0.39 is 5.54 Å². The van der Waals surface area contributed by atoms with Crippen LogP contribution in [0.4, 0.5) is 0 Å². The van der Waals surface area contributed by atoms with Crippen LogP contribution in [-0.2, 0) is 0 Å². The molecule has 2 saturated heterocycles. The van der Waals surface area contributed by atoms with E-state index in [9.17, 15) is 5.26 Å². The molecular formula is C27H39N5. The normalized spacial score (nSPS) is 31.0. The van der Waals surface area contributed by atoms with Gasteiger partial charge in [-0.3, -0.25) is 9.80 Å². The van der Waals surface area contributed by atoms with Crippen LogP contribution in [-0.4, -0.2) is 91.1 Å². The average molecular weight is 434 g/mol. The molecule has 2 aliphatic heterocycles. The van der Waals surface area contributed by atoms with Crippen molar-refractivity contribution in [2.75, 3.05) is 59.9 Å². The molecule has 0 amide bonds. The highest BCUT2D eigenvalue weighted by atomic mass is 15.3. The lowest BCUT2D eigenvalue weighted by molar-refractivity contribution is 0.0410. The van der Waals surface area contributed by atoms with Crippen LogP contribution in [0, 0.1) is 17.2 Å². The molecule has 0 N–H and O–H groups in total. The minimum atomic E-state index is -0.530. The SMILES string of the molecule is CC(c1ccccc1)N1CCN(CC2C=CC=CC2(C#N)N2CCCC(N(C)C)C2)CC1. The molecular weight excluding hydrogens is 394 g/mol. The summed E-state index contributed by atoms with van der Waals surface area (Å²) in [6, 6.07) is 14.6. The molecule has 32 heavy (non-hydrogen) atoms. The molecule has 5 nitrogen and oxygen atoms in total. The summed E-state index contributed by atoms with van der Waals surface area (Å²) in [7, 11) is 4.33. The van der Waals surface area contributed by atoms with Gasteiger partial charge in [0.1, 0.15) is 5.54 Å². The van der Waals surface area contributed by atoms with Gasteiger partial charge in [0, 0.05) is 63.8 Å². The third kappa shape index (κ3) is 4.84. The van der Waals surface area contributed by atoms with Crippen LogP contribution < -0.4 is 0 Å². The summed E-state index contributed by atoms with van der Waals surface area (Å²) in [4.78, 5) is 9.94. The summed E-state index contributed by atoms with van der Waals surface area (Å²) >= 11 is 0. The van der Waals surface area contributed by atoms with Crippen LogP contribution >= 0.6 is 0 Å². The first-order valence-electron chi connectivity index (χ1n) is 12.2. The highest BCUT2D eigenvalue weighted by molar-refractivity contribution is 5.33. The second kappa shape index (κ2) is 10.3. The van der Waals surface area contributed by atoms with E-state index in [-0.39, 0.29) is 5.92 Å². The number of rotatable bonds is 6. The van der Waals surface area contributed by atoms with Crippen LogP contribution in [0.25, 0.3) is 0 Å². The van der Waals surface area contributed by atoms with E-state index in [0.717, 1.165) is 52.2 Å². The molecule has 1 aliphatic carbocycles. The van der Waals surface area contributed by atoms with Gasteiger partial charge in [-0.2, -0.15) is 5.26 Å². The Morgan fingerprint density at radius 2 is 1.84 bits per heavy atom. The molecule has 5 heteroatoms. The number of hydrogen-bond acceptors (Lipinski definition) is 5. The monoisotopic (exact) mass is 433 g/mol. The van der Waals surface area contributed by atoms with Crippen molar-refractivity contribution in [2.24, 2.45) is 5.92 Å². The number of piperidine rings is 1. The lowest BCUT2D eigenvalue weighted by Crippen LogP contribution is -2.60. The van der Waals surface area contributed by atoms with Gasteiger partial charge in [0.2, 0.25) is 0 Å². The van der Waals surface area contributed by atoms with Crippen molar-refractivity contribution in [3.8, 4) is 6.07 Å². The Morgan fingerprint density at radius 3 is 2.53 bits per heavy atom. The minimum absolute atomic E-state index is 0.205. The average Bonchev–Trinajstić information content (AvgIpc) is 2.85. The Labute approximate surface area is 194 Å². The Hall–Kier alpha value is -1.97. The number of nitriles is 1. The fraction of sp³-hybridized carbons (Fsp3) is 0.593. The fourth-order valence-corrected chi connectivity index (χ4v) is 5.67. The van der Waals surface area contributed by atoms with Gasteiger partial charge < -0.3 is 9.80 Å². The van der Waals surface area contributed by atoms with E-state index in [1.165, 1.54) is 12.0 Å². The minimum Gasteiger partial charge on any atom is -0.305 e. The largest absolute Gasteiger partial charge is 0.305 e. The number of piperazine rings is 1. The van der Waals surface area contributed by atoms with Crippen molar-refractivity contribution < 1.29 is 0 Å². The quantitative estimate of drug-likeness (QED) is 0.687. The second-order valence-electron chi connectivity index (χ2n) is 9.92. The van der Waals surface area contributed by atoms with Crippen LogP contribution in [0.1, 0.15) is 31.4 Å². The first kappa shape index (κ1) is 23.2. The molecule has 3 aliphatic rings. The number of benzene rings is 1. The van der Waals surface area contributed by atoms with Crippen LogP contribution in [0.15, 0.2) is 54.6 Å². The first-order valence-corrected chi connectivity index (χ1v) is 12.2. The van der Waals surface area contributed by atoms with Crippen LogP contribution in [0.3, 0.4) is 0 Å². The molecule has 0 spiro atoms. The topological polar surface area (TPSA) is 36.8 Å². The van der Waals surface area contributed by atoms with E-state index in [2.05, 4.69) is 101 Å². The maximum absolute atomic E-state index is 10.4. The zero-order chi connectivity index (χ0) is 22.6. The zero-order valence-corrected chi connectivity index (χ0v) is 20.0. The van der Waals surface area contributed by atoms with Crippen molar-refractivity contribution in [3.05, 3.63) is 60.2 Å². The van der Waals surface area contributed by atoms with Crippen molar-refractivity contribution in [2.45, 2.75) is 37.4 Å². The van der Waals surface area contributed by atoms with E-state index in [1.807, 2.05) is 0 Å². The maximum atomic E-state index is 10.4. The van der Waals surface area contributed by atoms with Crippen molar-refractivity contribution >= 4 is 0 Å². The number of hydrogen-bond donors (Lipinski definition) is 0. The van der Waals surface area contributed by atoms with Gasteiger partial charge in [-0.15, -0.1) is 0 Å². The summed E-state index contributed by atoms with van der Waals surface area (Å²) in [5.74, 6) is 0.205. The summed E-state index contributed by atoms with van der Waals surface area (Å²) in [6.07, 6.45) is 11.0. The zero-order valence-electron chi connectivity index (χ0n) is 20.0. The Morgan fingerprint density at radius 1 is 1.09 bits per heavy atom. The lowest BCUT2D eigenvalue weighted by Gasteiger charge is -2.48. The Kier molecular flexibility index (Phi) is 7.48. The van der Waals surface area contributed by atoms with Gasteiger partial charge in [-0.05, 0) is 45.5 Å². The standard InChI is InChI=1S/C27H39N5/c1-23(24-10-5-4-6-11-24)31-18-16-30(17-19-31)20-25-12-7-8-14-27(25,22-28)32-15-9-13-26(21-32)29(2)3/h4-8,10-12,14,23,25-26H,9,13,15-21H2,1-3H3. The molecule has 0 aromatic heterocycles. The molecule has 0 bridgehead atoms. The van der Waals surface area contributed by atoms with Gasteiger partial charge in [-0.1, -0.05) is 48.6 Å². The van der Waals surface area contributed by atoms with Gasteiger partial charge >= 0.3 is 0 Å². The second-order valence-corrected chi connectivity index (χ2v) is 9.92. The highest BCUT2D eigenvalue weighted by Crippen LogP contribution is 2.34. The Bertz CT molecular complexity index is 833. The smallest absolute Gasteiger partial charge is 0.135 e. The van der Waals surface area contributed by atoms with Crippen LogP contribution in [0.2, 0.25) is 0 Å². The molecule has 0 radical (unpaired) electrons. The summed E-state index contributed by atoms with van der Waals surface area (Å²) in [5.41, 5.74) is 0.864. The first-order chi connectivity index (χ1) is 15.5. The molecule has 4 rings (SSSR count). The van der Waals surface area contributed by atoms with Gasteiger partial charge in [0.05, 0.1) is 6.07 Å². The third-order valence-corrected chi connectivity index (χ3v) is 7.89. The molecule has 0 saturated carbocycles. The van der Waals surface area contributed by atoms with Gasteiger partial charge in [0.25, 0.3) is 0 Å². The Balaban J connectivity index is 1.40.